The number of halogens is 2. The largest absolute Gasteiger partial charge is 0.306 e. The average Bonchev–Trinajstić information content (AvgIpc) is 2.82. The van der Waals surface area contributed by atoms with E-state index in [1.807, 2.05) is 0 Å². The van der Waals surface area contributed by atoms with Crippen molar-refractivity contribution < 1.29 is 0 Å². The van der Waals surface area contributed by atoms with E-state index in [-0.39, 0.29) is 0 Å². The number of hydrogen-bond donors (Lipinski definition) is 1. The van der Waals surface area contributed by atoms with Crippen molar-refractivity contribution >= 4 is 61.2 Å². The lowest BCUT2D eigenvalue weighted by atomic mass is 10.0. The molecule has 92 valence electrons. The number of hydrogen-bond acceptors (Lipinski definition) is 3. The first-order valence-corrected chi connectivity index (χ1v) is 8.91. The van der Waals surface area contributed by atoms with Crippen LogP contribution >= 0.6 is 61.2 Å². The van der Waals surface area contributed by atoms with Crippen molar-refractivity contribution in [2.45, 2.75) is 19.9 Å². The van der Waals surface area contributed by atoms with Crippen molar-refractivity contribution in [3.63, 3.8) is 0 Å². The lowest BCUT2D eigenvalue weighted by Crippen LogP contribution is -2.21. The second-order valence-corrected chi connectivity index (χ2v) is 9.18. The van der Waals surface area contributed by atoms with Gasteiger partial charge in [-0.2, -0.15) is 0 Å². The average molecular weight is 442 g/mol. The van der Waals surface area contributed by atoms with Crippen LogP contribution in [0.5, 0.6) is 0 Å². The molecule has 0 aliphatic heterocycles. The molecular weight excluding hydrogens is 429 g/mol. The predicted octanol–water partition coefficient (Wildman–Crippen LogP) is 5.18. The van der Waals surface area contributed by atoms with Crippen LogP contribution in [0.15, 0.2) is 21.3 Å². The second kappa shape index (κ2) is 6.14. The van der Waals surface area contributed by atoms with E-state index in [1.165, 1.54) is 22.7 Å². The lowest BCUT2D eigenvalue weighted by Gasteiger charge is -2.16. The molecule has 1 atom stereocenters. The van der Waals surface area contributed by atoms with Crippen molar-refractivity contribution in [2.75, 3.05) is 6.54 Å². The summed E-state index contributed by atoms with van der Waals surface area (Å²) in [6, 6.07) is 4.82. The van der Waals surface area contributed by atoms with Crippen molar-refractivity contribution in [1.29, 1.82) is 0 Å². The molecule has 0 amide bonds. The van der Waals surface area contributed by atoms with Crippen LogP contribution in [-0.2, 0) is 0 Å². The van der Waals surface area contributed by atoms with E-state index in [0.29, 0.717) is 6.04 Å². The molecule has 0 spiro atoms. The molecule has 1 unspecified atom stereocenters. The normalized spacial score (nSPS) is 12.9. The predicted molar refractivity (Wildman–Crippen MR) is 89.3 cm³/mol. The number of rotatable bonds is 4. The zero-order valence-electron chi connectivity index (χ0n) is 9.59. The highest BCUT2D eigenvalue weighted by molar-refractivity contribution is 14.1. The van der Waals surface area contributed by atoms with Crippen LogP contribution in [0, 0.1) is 9.81 Å². The van der Waals surface area contributed by atoms with Gasteiger partial charge in [-0.1, -0.05) is 6.92 Å². The first-order chi connectivity index (χ1) is 8.11. The minimum atomic E-state index is 0.322. The van der Waals surface area contributed by atoms with Gasteiger partial charge in [-0.05, 0) is 80.6 Å². The molecule has 2 aromatic rings. The van der Waals surface area contributed by atoms with Gasteiger partial charge >= 0.3 is 0 Å². The minimum Gasteiger partial charge on any atom is -0.306 e. The fraction of sp³-hybridized carbons (Fsp3) is 0.333. The first kappa shape index (κ1) is 14.0. The molecule has 0 aliphatic rings. The van der Waals surface area contributed by atoms with Crippen LogP contribution in [0.25, 0.3) is 0 Å². The molecule has 2 aromatic heterocycles. The van der Waals surface area contributed by atoms with Crippen molar-refractivity contribution in [3.05, 3.63) is 40.2 Å². The summed E-state index contributed by atoms with van der Waals surface area (Å²) in [5.74, 6) is 0. The van der Waals surface area contributed by atoms with E-state index in [2.05, 4.69) is 75.2 Å². The van der Waals surface area contributed by atoms with Gasteiger partial charge in [0.05, 0.1) is 12.7 Å². The highest BCUT2D eigenvalue weighted by Gasteiger charge is 2.18. The van der Waals surface area contributed by atoms with Crippen molar-refractivity contribution in [2.24, 2.45) is 0 Å². The molecule has 0 radical (unpaired) electrons. The Kier molecular flexibility index (Phi) is 5.06. The summed E-state index contributed by atoms with van der Waals surface area (Å²) in [5, 5.41) is 5.82. The van der Waals surface area contributed by atoms with E-state index in [4.69, 9.17) is 0 Å². The summed E-state index contributed by atoms with van der Waals surface area (Å²) in [7, 11) is 0. The van der Waals surface area contributed by atoms with E-state index in [9.17, 15) is 0 Å². The molecule has 17 heavy (non-hydrogen) atoms. The van der Waals surface area contributed by atoms with Crippen LogP contribution in [-0.4, -0.2) is 6.54 Å². The Labute approximate surface area is 132 Å². The van der Waals surface area contributed by atoms with Crippen LogP contribution < -0.4 is 5.32 Å². The molecule has 1 N–H and O–H groups in total. The summed E-state index contributed by atoms with van der Waals surface area (Å²) >= 11 is 9.56. The molecule has 2 heterocycles. The summed E-state index contributed by atoms with van der Waals surface area (Å²) in [4.78, 5) is 1.38. The van der Waals surface area contributed by atoms with E-state index in [1.54, 1.807) is 22.7 Å². The zero-order valence-corrected chi connectivity index (χ0v) is 15.0. The summed E-state index contributed by atoms with van der Waals surface area (Å²) in [6.07, 6.45) is 0. The van der Waals surface area contributed by atoms with Crippen LogP contribution in [0.1, 0.15) is 29.0 Å². The van der Waals surface area contributed by atoms with Gasteiger partial charge in [0.15, 0.2) is 0 Å². The number of aryl methyl sites for hydroxylation is 1. The molecule has 0 bridgehead atoms. The maximum absolute atomic E-state index is 3.57. The Morgan fingerprint density at radius 3 is 2.71 bits per heavy atom. The van der Waals surface area contributed by atoms with Crippen molar-refractivity contribution in [1.82, 2.24) is 5.32 Å². The molecular formula is C12H13BrINS2. The lowest BCUT2D eigenvalue weighted by molar-refractivity contribution is 0.631. The topological polar surface area (TPSA) is 12.0 Å². The van der Waals surface area contributed by atoms with E-state index >= 15 is 0 Å². The van der Waals surface area contributed by atoms with E-state index in [0.717, 1.165) is 6.54 Å². The fourth-order valence-electron chi connectivity index (χ4n) is 1.83. The molecule has 0 fully saturated rings. The highest BCUT2D eigenvalue weighted by atomic mass is 127. The third-order valence-corrected chi connectivity index (χ3v) is 5.94. The van der Waals surface area contributed by atoms with Crippen LogP contribution in [0.3, 0.4) is 0 Å². The third-order valence-electron chi connectivity index (χ3n) is 2.57. The van der Waals surface area contributed by atoms with E-state index < -0.39 is 0 Å². The molecule has 0 saturated heterocycles. The summed E-state index contributed by atoms with van der Waals surface area (Å²) in [5.41, 5.74) is 2.76. The standard InChI is InChI=1S/C12H13BrINS2/c1-3-15-12(8-4-11(14)16-6-8)9-5-10(13)17-7(9)2/h4-6,12,15H,3H2,1-2H3. The fourth-order valence-corrected chi connectivity index (χ4v) is 4.98. The molecule has 5 heteroatoms. The quantitative estimate of drug-likeness (QED) is 0.644. The maximum Gasteiger partial charge on any atom is 0.0704 e. The Morgan fingerprint density at radius 1 is 1.47 bits per heavy atom. The van der Waals surface area contributed by atoms with Crippen LogP contribution in [0.2, 0.25) is 0 Å². The second-order valence-electron chi connectivity index (χ2n) is 3.74. The smallest absolute Gasteiger partial charge is 0.0704 e. The van der Waals surface area contributed by atoms with Gasteiger partial charge in [0, 0.05) is 4.88 Å². The Bertz CT molecular complexity index is 506. The SMILES string of the molecule is CCNC(c1csc(I)c1)c1cc(Br)sc1C. The Hall–Kier alpha value is 0.570. The monoisotopic (exact) mass is 441 g/mol. The molecule has 0 saturated carbocycles. The Morgan fingerprint density at radius 2 is 2.24 bits per heavy atom. The molecule has 2 rings (SSSR count). The summed E-state index contributed by atoms with van der Waals surface area (Å²) in [6.45, 7) is 5.32. The van der Waals surface area contributed by atoms with Gasteiger partial charge in [-0.15, -0.1) is 22.7 Å². The Balaban J connectivity index is 2.38. The zero-order chi connectivity index (χ0) is 12.4. The van der Waals surface area contributed by atoms with Gasteiger partial charge in [0.1, 0.15) is 0 Å². The molecule has 0 aromatic carbocycles. The van der Waals surface area contributed by atoms with Gasteiger partial charge < -0.3 is 5.32 Å². The van der Waals surface area contributed by atoms with Gasteiger partial charge in [0.25, 0.3) is 0 Å². The highest BCUT2D eigenvalue weighted by Crippen LogP contribution is 2.35. The van der Waals surface area contributed by atoms with Gasteiger partial charge in [-0.25, -0.2) is 0 Å². The minimum absolute atomic E-state index is 0.322. The van der Waals surface area contributed by atoms with Crippen LogP contribution in [0.4, 0.5) is 0 Å². The van der Waals surface area contributed by atoms with Gasteiger partial charge in [0.2, 0.25) is 0 Å². The van der Waals surface area contributed by atoms with Crippen molar-refractivity contribution in [3.8, 4) is 0 Å². The molecule has 1 nitrogen and oxygen atoms in total. The number of thiophene rings is 2. The molecule has 0 aliphatic carbocycles. The number of nitrogens with one attached hydrogen (secondary N) is 1. The van der Waals surface area contributed by atoms with Gasteiger partial charge in [-0.3, -0.25) is 0 Å². The summed E-state index contributed by atoms with van der Waals surface area (Å²) < 4.78 is 2.55. The first-order valence-electron chi connectivity index (χ1n) is 5.35. The third kappa shape index (κ3) is 3.32. The maximum atomic E-state index is 3.57.